The first-order valence-corrected chi connectivity index (χ1v) is 6.26. The van der Waals surface area contributed by atoms with Crippen molar-refractivity contribution >= 4 is 5.69 Å². The predicted octanol–water partition coefficient (Wildman–Crippen LogP) is 3.09. The number of fused-ring (bicyclic) bond motifs is 1. The Balaban J connectivity index is 2.34. The molecule has 0 fully saturated rings. The third kappa shape index (κ3) is 2.43. The molecule has 1 aliphatic rings. The quantitative estimate of drug-likeness (QED) is 0.466. The summed E-state index contributed by atoms with van der Waals surface area (Å²) in [6, 6.07) is 5.24. The molecule has 0 amide bonds. The molecule has 0 saturated carbocycles. The lowest BCUT2D eigenvalue weighted by Gasteiger charge is -2.33. The van der Waals surface area contributed by atoms with E-state index in [1.54, 1.807) is 12.1 Å². The van der Waals surface area contributed by atoms with Crippen molar-refractivity contribution in [2.75, 3.05) is 13.1 Å². The van der Waals surface area contributed by atoms with E-state index in [1.165, 1.54) is 5.56 Å². The number of rotatable bonds is 4. The van der Waals surface area contributed by atoms with Crippen molar-refractivity contribution < 1.29 is 4.92 Å². The van der Waals surface area contributed by atoms with Crippen molar-refractivity contribution in [3.05, 3.63) is 52.1 Å². The van der Waals surface area contributed by atoms with E-state index in [0.29, 0.717) is 5.92 Å². The molecule has 0 aliphatic carbocycles. The molecule has 4 heteroatoms. The first kappa shape index (κ1) is 12.8. The molecule has 1 atom stereocenters. The smallest absolute Gasteiger partial charge is 0.269 e. The number of non-ortho nitro benzene ring substituents is 1. The van der Waals surface area contributed by atoms with Gasteiger partial charge in [-0.1, -0.05) is 19.1 Å². The monoisotopic (exact) mass is 246 g/mol. The summed E-state index contributed by atoms with van der Waals surface area (Å²) in [4.78, 5) is 12.8. The zero-order valence-electron chi connectivity index (χ0n) is 10.6. The minimum Gasteiger partial charge on any atom is -0.295 e. The van der Waals surface area contributed by atoms with Crippen molar-refractivity contribution in [3.8, 4) is 0 Å². The molecule has 1 aromatic rings. The molecule has 2 rings (SSSR count). The molecule has 0 saturated heterocycles. The Morgan fingerprint density at radius 2 is 2.39 bits per heavy atom. The lowest BCUT2D eigenvalue weighted by atomic mass is 9.87. The molecule has 18 heavy (non-hydrogen) atoms. The number of nitro groups is 1. The predicted molar refractivity (Wildman–Crippen MR) is 71.6 cm³/mol. The molecule has 0 radical (unpaired) electrons. The van der Waals surface area contributed by atoms with Gasteiger partial charge in [0.1, 0.15) is 0 Å². The fraction of sp³-hybridized carbons (Fsp3) is 0.429. The molecule has 0 spiro atoms. The molecule has 0 bridgehead atoms. The fourth-order valence-corrected chi connectivity index (χ4v) is 2.61. The first-order chi connectivity index (χ1) is 8.65. The van der Waals surface area contributed by atoms with Crippen molar-refractivity contribution in [2.45, 2.75) is 25.8 Å². The summed E-state index contributed by atoms with van der Waals surface area (Å²) in [5.74, 6) is 0.383. The first-order valence-electron chi connectivity index (χ1n) is 6.26. The zero-order valence-corrected chi connectivity index (χ0v) is 10.6. The van der Waals surface area contributed by atoms with Crippen LogP contribution >= 0.6 is 0 Å². The summed E-state index contributed by atoms with van der Waals surface area (Å²) in [5.41, 5.74) is 2.55. The summed E-state index contributed by atoms with van der Waals surface area (Å²) in [6.07, 6.45) is 2.91. The average molecular weight is 246 g/mol. The van der Waals surface area contributed by atoms with Gasteiger partial charge in [0.15, 0.2) is 0 Å². The van der Waals surface area contributed by atoms with Gasteiger partial charge in [-0.05, 0) is 23.5 Å². The Labute approximate surface area is 107 Å². The number of hydrogen-bond acceptors (Lipinski definition) is 3. The molecular weight excluding hydrogens is 228 g/mol. The highest BCUT2D eigenvalue weighted by atomic mass is 16.6. The van der Waals surface area contributed by atoms with E-state index in [0.717, 1.165) is 31.6 Å². The van der Waals surface area contributed by atoms with Gasteiger partial charge in [0.25, 0.3) is 5.69 Å². The summed E-state index contributed by atoms with van der Waals surface area (Å²) < 4.78 is 0. The van der Waals surface area contributed by atoms with Gasteiger partial charge in [0, 0.05) is 31.8 Å². The Kier molecular flexibility index (Phi) is 3.77. The van der Waals surface area contributed by atoms with Gasteiger partial charge in [-0.25, -0.2) is 0 Å². The topological polar surface area (TPSA) is 46.4 Å². The third-order valence-electron chi connectivity index (χ3n) is 3.53. The van der Waals surface area contributed by atoms with Crippen LogP contribution in [-0.4, -0.2) is 22.9 Å². The van der Waals surface area contributed by atoms with Gasteiger partial charge in [-0.15, -0.1) is 6.58 Å². The fourth-order valence-electron chi connectivity index (χ4n) is 2.61. The molecule has 1 aromatic carbocycles. The van der Waals surface area contributed by atoms with Crippen molar-refractivity contribution in [3.63, 3.8) is 0 Å². The van der Waals surface area contributed by atoms with Crippen LogP contribution in [0, 0.1) is 10.1 Å². The Morgan fingerprint density at radius 1 is 1.61 bits per heavy atom. The second-order valence-corrected chi connectivity index (χ2v) is 4.73. The van der Waals surface area contributed by atoms with Gasteiger partial charge in [-0.3, -0.25) is 15.0 Å². The van der Waals surface area contributed by atoms with Crippen LogP contribution in [0.25, 0.3) is 0 Å². The van der Waals surface area contributed by atoms with Gasteiger partial charge < -0.3 is 0 Å². The molecule has 1 unspecified atom stereocenters. The lowest BCUT2D eigenvalue weighted by molar-refractivity contribution is -0.385. The van der Waals surface area contributed by atoms with Crippen LogP contribution in [-0.2, 0) is 6.54 Å². The van der Waals surface area contributed by atoms with Crippen LogP contribution in [0.2, 0.25) is 0 Å². The van der Waals surface area contributed by atoms with Crippen molar-refractivity contribution in [1.82, 2.24) is 4.90 Å². The number of hydrogen-bond donors (Lipinski definition) is 0. The van der Waals surface area contributed by atoms with Crippen LogP contribution in [0.3, 0.4) is 0 Å². The normalized spacial score (nSPS) is 19.3. The second kappa shape index (κ2) is 5.31. The lowest BCUT2D eigenvalue weighted by Crippen LogP contribution is -2.33. The molecule has 96 valence electrons. The van der Waals surface area contributed by atoms with Gasteiger partial charge in [-0.2, -0.15) is 0 Å². The summed E-state index contributed by atoms with van der Waals surface area (Å²) >= 11 is 0. The van der Waals surface area contributed by atoms with E-state index in [2.05, 4.69) is 18.4 Å². The molecular formula is C14H18N2O2. The van der Waals surface area contributed by atoms with E-state index in [4.69, 9.17) is 0 Å². The Hall–Kier alpha value is -1.68. The zero-order chi connectivity index (χ0) is 13.1. The number of nitrogens with zero attached hydrogens (tertiary/aromatic N) is 2. The molecule has 4 nitrogen and oxygen atoms in total. The van der Waals surface area contributed by atoms with Crippen molar-refractivity contribution in [2.24, 2.45) is 0 Å². The van der Waals surface area contributed by atoms with E-state index in [-0.39, 0.29) is 10.6 Å². The standard InChI is InChI=1S/C14H18N2O2/c1-3-7-15-9-11(4-2)14-8-13(16(17)18)6-5-12(14)10-15/h3,5-6,8,11H,1,4,7,9-10H2,2H3. The van der Waals surface area contributed by atoms with E-state index >= 15 is 0 Å². The van der Waals surface area contributed by atoms with Gasteiger partial charge in [0.05, 0.1) is 4.92 Å². The third-order valence-corrected chi connectivity index (χ3v) is 3.53. The average Bonchev–Trinajstić information content (AvgIpc) is 2.37. The highest BCUT2D eigenvalue weighted by Crippen LogP contribution is 2.32. The van der Waals surface area contributed by atoms with E-state index in [1.807, 2.05) is 12.1 Å². The minimum absolute atomic E-state index is 0.198. The number of benzene rings is 1. The van der Waals surface area contributed by atoms with E-state index < -0.39 is 0 Å². The maximum atomic E-state index is 10.8. The molecule has 0 aromatic heterocycles. The maximum Gasteiger partial charge on any atom is 0.269 e. The van der Waals surface area contributed by atoms with Crippen LogP contribution in [0.5, 0.6) is 0 Å². The van der Waals surface area contributed by atoms with Crippen LogP contribution in [0.1, 0.15) is 30.4 Å². The molecule has 1 aliphatic heterocycles. The Bertz CT molecular complexity index is 471. The van der Waals surface area contributed by atoms with Crippen molar-refractivity contribution in [1.29, 1.82) is 0 Å². The maximum absolute atomic E-state index is 10.8. The highest BCUT2D eigenvalue weighted by molar-refractivity contribution is 5.43. The number of nitro benzene ring substituents is 1. The Morgan fingerprint density at radius 3 is 3.00 bits per heavy atom. The van der Waals surface area contributed by atoms with Gasteiger partial charge in [0.2, 0.25) is 0 Å². The van der Waals surface area contributed by atoms with Crippen LogP contribution in [0.15, 0.2) is 30.9 Å². The summed E-state index contributed by atoms with van der Waals surface area (Å²) in [7, 11) is 0. The summed E-state index contributed by atoms with van der Waals surface area (Å²) in [5, 5.41) is 10.8. The van der Waals surface area contributed by atoms with Crippen LogP contribution in [0.4, 0.5) is 5.69 Å². The second-order valence-electron chi connectivity index (χ2n) is 4.73. The highest BCUT2D eigenvalue weighted by Gasteiger charge is 2.25. The van der Waals surface area contributed by atoms with E-state index in [9.17, 15) is 10.1 Å². The molecule has 1 heterocycles. The van der Waals surface area contributed by atoms with Gasteiger partial charge >= 0.3 is 0 Å². The molecule has 0 N–H and O–H groups in total. The van der Waals surface area contributed by atoms with Crippen LogP contribution < -0.4 is 0 Å². The minimum atomic E-state index is -0.316. The summed E-state index contributed by atoms with van der Waals surface area (Å²) in [6.45, 7) is 8.58. The SMILES string of the molecule is C=CCN1Cc2ccc([N+](=O)[O-])cc2C(CC)C1. The largest absolute Gasteiger partial charge is 0.295 e.